The Morgan fingerprint density at radius 3 is 2.49 bits per heavy atom. The van der Waals surface area contributed by atoms with E-state index >= 15 is 0 Å². The van der Waals surface area contributed by atoms with Crippen LogP contribution in [0.2, 0.25) is 0 Å². The Morgan fingerprint density at radius 1 is 1.00 bits per heavy atom. The Morgan fingerprint density at radius 2 is 1.74 bits per heavy atom. The molecule has 0 aliphatic carbocycles. The molecular formula is C28H22FN3O2S. The van der Waals surface area contributed by atoms with Crippen molar-refractivity contribution in [1.29, 1.82) is 0 Å². The summed E-state index contributed by atoms with van der Waals surface area (Å²) in [6, 6.07) is 19.8. The molecule has 5 nitrogen and oxygen atoms in total. The summed E-state index contributed by atoms with van der Waals surface area (Å²) in [6.07, 6.45) is 3.51. The van der Waals surface area contributed by atoms with Crippen LogP contribution in [0.25, 0.3) is 17.0 Å². The molecule has 3 aromatic carbocycles. The number of fused-ring (bicyclic) bond motifs is 1. The average molecular weight is 484 g/mol. The van der Waals surface area contributed by atoms with Crippen LogP contribution in [0.3, 0.4) is 0 Å². The second kappa shape index (κ2) is 8.92. The quantitative estimate of drug-likeness (QED) is 0.244. The Kier molecular flexibility index (Phi) is 5.78. The molecule has 1 aliphatic rings. The van der Waals surface area contributed by atoms with Crippen molar-refractivity contribution in [2.75, 3.05) is 4.90 Å². The standard InChI is InChI=1S/C28H22FN3O2S/c1-17-7-12-24(18(2)13-17)32-27(34)23(26(33)30-28(32)35)14-20-16-31(25-6-4-3-5-22(20)25)15-19-8-10-21(29)11-9-19/h3-14,16H,15H2,1-2H3,(H,30,33,35)/b23-14+. The number of para-hydroxylation sites is 1. The van der Waals surface area contributed by atoms with Crippen LogP contribution < -0.4 is 10.2 Å². The summed E-state index contributed by atoms with van der Waals surface area (Å²) in [7, 11) is 0. The van der Waals surface area contributed by atoms with Crippen molar-refractivity contribution in [3.63, 3.8) is 0 Å². The number of hydrogen-bond acceptors (Lipinski definition) is 3. The third kappa shape index (κ3) is 4.26. The summed E-state index contributed by atoms with van der Waals surface area (Å²) in [5.41, 5.74) is 5.19. The molecule has 4 aromatic rings. The number of nitrogens with zero attached hydrogens (tertiary/aromatic N) is 2. The van der Waals surface area contributed by atoms with Crippen molar-refractivity contribution in [2.24, 2.45) is 0 Å². The molecule has 0 saturated carbocycles. The van der Waals surface area contributed by atoms with Crippen LogP contribution in [0.1, 0.15) is 22.3 Å². The molecule has 2 heterocycles. The minimum atomic E-state index is -0.531. The number of anilines is 1. The first-order chi connectivity index (χ1) is 16.8. The fraction of sp³-hybridized carbons (Fsp3) is 0.107. The third-order valence-corrected chi connectivity index (χ3v) is 6.36. The monoisotopic (exact) mass is 483 g/mol. The minimum absolute atomic E-state index is 0.00302. The van der Waals surface area contributed by atoms with Crippen molar-refractivity contribution >= 4 is 51.8 Å². The van der Waals surface area contributed by atoms with Gasteiger partial charge in [-0.25, -0.2) is 4.39 Å². The highest BCUT2D eigenvalue weighted by Gasteiger charge is 2.35. The van der Waals surface area contributed by atoms with Gasteiger partial charge in [0.1, 0.15) is 11.4 Å². The first-order valence-corrected chi connectivity index (χ1v) is 11.5. The van der Waals surface area contributed by atoms with Crippen LogP contribution >= 0.6 is 12.2 Å². The lowest BCUT2D eigenvalue weighted by Crippen LogP contribution is -2.54. The second-order valence-electron chi connectivity index (χ2n) is 8.60. The van der Waals surface area contributed by atoms with E-state index in [9.17, 15) is 14.0 Å². The first-order valence-electron chi connectivity index (χ1n) is 11.1. The number of carbonyl (C=O) groups excluding carboxylic acids is 2. The highest BCUT2D eigenvalue weighted by atomic mass is 32.1. The van der Waals surface area contributed by atoms with Gasteiger partial charge in [0, 0.05) is 29.2 Å². The zero-order valence-electron chi connectivity index (χ0n) is 19.2. The molecule has 0 radical (unpaired) electrons. The number of hydrogen-bond donors (Lipinski definition) is 1. The first kappa shape index (κ1) is 22.7. The second-order valence-corrected chi connectivity index (χ2v) is 8.99. The van der Waals surface area contributed by atoms with E-state index in [0.29, 0.717) is 12.2 Å². The van der Waals surface area contributed by atoms with E-state index in [0.717, 1.165) is 33.2 Å². The largest absolute Gasteiger partial charge is 0.342 e. The van der Waals surface area contributed by atoms with E-state index in [4.69, 9.17) is 12.2 Å². The number of thiocarbonyl (C=S) groups is 1. The van der Waals surface area contributed by atoms with Crippen molar-refractivity contribution in [3.05, 3.63) is 107 Å². The lowest BCUT2D eigenvalue weighted by molar-refractivity contribution is -0.122. The average Bonchev–Trinajstić information content (AvgIpc) is 3.16. The van der Waals surface area contributed by atoms with Gasteiger partial charge < -0.3 is 4.57 Å². The molecule has 35 heavy (non-hydrogen) atoms. The van der Waals surface area contributed by atoms with Gasteiger partial charge in [0.05, 0.1) is 5.69 Å². The van der Waals surface area contributed by atoms with Gasteiger partial charge in [0.25, 0.3) is 11.8 Å². The zero-order valence-corrected chi connectivity index (χ0v) is 20.0. The van der Waals surface area contributed by atoms with E-state index in [2.05, 4.69) is 5.32 Å². The summed E-state index contributed by atoms with van der Waals surface area (Å²) in [5.74, 6) is -1.29. The van der Waals surface area contributed by atoms with Crippen molar-refractivity contribution in [3.8, 4) is 0 Å². The molecule has 1 N–H and O–H groups in total. The molecule has 2 amide bonds. The predicted molar refractivity (Wildman–Crippen MR) is 140 cm³/mol. The molecule has 174 valence electrons. The molecule has 5 rings (SSSR count). The summed E-state index contributed by atoms with van der Waals surface area (Å²) in [5, 5.41) is 3.61. The number of benzene rings is 3. The topological polar surface area (TPSA) is 54.3 Å². The van der Waals surface area contributed by atoms with E-state index in [1.807, 2.05) is 67.1 Å². The van der Waals surface area contributed by atoms with E-state index in [1.165, 1.54) is 17.0 Å². The summed E-state index contributed by atoms with van der Waals surface area (Å²) in [6.45, 7) is 4.39. The number of nitrogens with one attached hydrogen (secondary N) is 1. The Hall–Kier alpha value is -4.10. The predicted octanol–water partition coefficient (Wildman–Crippen LogP) is 5.28. The van der Waals surface area contributed by atoms with Crippen LogP contribution in [0.4, 0.5) is 10.1 Å². The van der Waals surface area contributed by atoms with Gasteiger partial charge in [0.2, 0.25) is 0 Å². The Labute approximate surface area is 207 Å². The lowest BCUT2D eigenvalue weighted by Gasteiger charge is -2.30. The number of aryl methyl sites for hydroxylation is 2. The number of rotatable bonds is 4. The normalized spacial score (nSPS) is 15.2. The molecule has 0 bridgehead atoms. The van der Waals surface area contributed by atoms with Gasteiger partial charge in [-0.3, -0.25) is 19.8 Å². The van der Waals surface area contributed by atoms with Gasteiger partial charge in [-0.1, -0.05) is 48.0 Å². The molecule has 1 fully saturated rings. The fourth-order valence-corrected chi connectivity index (χ4v) is 4.67. The maximum Gasteiger partial charge on any atom is 0.270 e. The smallest absolute Gasteiger partial charge is 0.270 e. The van der Waals surface area contributed by atoms with Crippen molar-refractivity contribution in [2.45, 2.75) is 20.4 Å². The van der Waals surface area contributed by atoms with E-state index < -0.39 is 11.8 Å². The molecule has 0 spiro atoms. The zero-order chi connectivity index (χ0) is 24.7. The maximum absolute atomic E-state index is 13.5. The fourth-order valence-electron chi connectivity index (χ4n) is 4.40. The number of amides is 2. The molecule has 1 aromatic heterocycles. The van der Waals surface area contributed by atoms with E-state index in [1.54, 1.807) is 18.2 Å². The van der Waals surface area contributed by atoms with Gasteiger partial charge in [-0.15, -0.1) is 0 Å². The molecule has 7 heteroatoms. The molecular weight excluding hydrogens is 461 g/mol. The maximum atomic E-state index is 13.5. The van der Waals surface area contributed by atoms with Crippen LogP contribution in [0, 0.1) is 19.7 Å². The Balaban J connectivity index is 1.57. The van der Waals surface area contributed by atoms with Gasteiger partial charge in [0.15, 0.2) is 5.11 Å². The van der Waals surface area contributed by atoms with Crippen LogP contribution in [0.15, 0.2) is 78.5 Å². The van der Waals surface area contributed by atoms with Crippen LogP contribution in [0.5, 0.6) is 0 Å². The van der Waals surface area contributed by atoms with Gasteiger partial charge in [-0.2, -0.15) is 0 Å². The van der Waals surface area contributed by atoms with Crippen molar-refractivity contribution in [1.82, 2.24) is 9.88 Å². The SMILES string of the molecule is Cc1ccc(N2C(=O)/C(=C/c3cn(Cc4ccc(F)cc4)c4ccccc34)C(=O)NC2=S)c(C)c1. The van der Waals surface area contributed by atoms with Crippen LogP contribution in [-0.4, -0.2) is 21.5 Å². The van der Waals surface area contributed by atoms with Gasteiger partial charge in [-0.05, 0) is 67.5 Å². The molecule has 1 saturated heterocycles. The highest BCUT2D eigenvalue weighted by molar-refractivity contribution is 7.80. The summed E-state index contributed by atoms with van der Waals surface area (Å²) in [4.78, 5) is 27.7. The van der Waals surface area contributed by atoms with Gasteiger partial charge >= 0.3 is 0 Å². The summed E-state index contributed by atoms with van der Waals surface area (Å²) < 4.78 is 15.4. The van der Waals surface area contributed by atoms with Crippen LogP contribution in [-0.2, 0) is 16.1 Å². The molecule has 0 unspecified atom stereocenters. The Bertz CT molecular complexity index is 1540. The minimum Gasteiger partial charge on any atom is -0.342 e. The third-order valence-electron chi connectivity index (χ3n) is 6.08. The summed E-state index contributed by atoms with van der Waals surface area (Å²) >= 11 is 5.35. The molecule has 0 atom stereocenters. The number of carbonyl (C=O) groups is 2. The van der Waals surface area contributed by atoms with Crippen molar-refractivity contribution < 1.29 is 14.0 Å². The lowest BCUT2D eigenvalue weighted by atomic mass is 10.0. The number of halogens is 1. The highest BCUT2D eigenvalue weighted by Crippen LogP contribution is 2.29. The van der Waals surface area contributed by atoms with E-state index in [-0.39, 0.29) is 16.5 Å². The molecule has 1 aliphatic heterocycles. The number of aromatic nitrogens is 1.